The predicted molar refractivity (Wildman–Crippen MR) is 103 cm³/mol. The van der Waals surface area contributed by atoms with Gasteiger partial charge in [-0.25, -0.2) is 4.98 Å². The molecule has 2 atom stereocenters. The SMILES string of the molecule is COc1ccc(-c2nc(CN3CC[C@@H](O)[C@H](O)C3)c(C)o2)c2ccccc12. The highest BCUT2D eigenvalue weighted by Crippen LogP contribution is 2.34. The Morgan fingerprint density at radius 1 is 1.15 bits per heavy atom. The van der Waals surface area contributed by atoms with Gasteiger partial charge in [0.15, 0.2) is 0 Å². The number of ether oxygens (including phenoxy) is 1. The lowest BCUT2D eigenvalue weighted by Crippen LogP contribution is -2.46. The smallest absolute Gasteiger partial charge is 0.227 e. The summed E-state index contributed by atoms with van der Waals surface area (Å²) in [6, 6.07) is 11.9. The molecule has 1 aromatic heterocycles. The van der Waals surface area contributed by atoms with Gasteiger partial charge in [0.1, 0.15) is 11.5 Å². The molecule has 27 heavy (non-hydrogen) atoms. The highest BCUT2D eigenvalue weighted by Gasteiger charge is 2.27. The Kier molecular flexibility index (Phi) is 4.86. The van der Waals surface area contributed by atoms with Gasteiger partial charge in [-0.1, -0.05) is 24.3 Å². The van der Waals surface area contributed by atoms with Crippen LogP contribution in [-0.4, -0.2) is 52.5 Å². The molecule has 1 saturated heterocycles. The number of hydrogen-bond donors (Lipinski definition) is 2. The lowest BCUT2D eigenvalue weighted by atomic mass is 10.0. The molecule has 1 fully saturated rings. The first-order chi connectivity index (χ1) is 13.1. The van der Waals surface area contributed by atoms with E-state index < -0.39 is 12.2 Å². The fourth-order valence-electron chi connectivity index (χ4n) is 3.67. The maximum absolute atomic E-state index is 9.90. The molecule has 3 aromatic rings. The molecule has 1 aliphatic rings. The first kappa shape index (κ1) is 18.0. The zero-order valence-corrected chi connectivity index (χ0v) is 15.6. The molecule has 0 spiro atoms. The summed E-state index contributed by atoms with van der Waals surface area (Å²) < 4.78 is 11.4. The first-order valence-corrected chi connectivity index (χ1v) is 9.17. The Hall–Kier alpha value is -2.41. The summed E-state index contributed by atoms with van der Waals surface area (Å²) in [6.45, 7) is 3.67. The number of nitrogens with zero attached hydrogens (tertiary/aromatic N) is 2. The van der Waals surface area contributed by atoms with Crippen LogP contribution in [0.2, 0.25) is 0 Å². The van der Waals surface area contributed by atoms with Crippen molar-refractivity contribution >= 4 is 10.8 Å². The van der Waals surface area contributed by atoms with Crippen LogP contribution >= 0.6 is 0 Å². The van der Waals surface area contributed by atoms with Crippen LogP contribution in [0.15, 0.2) is 40.8 Å². The summed E-state index contributed by atoms with van der Waals surface area (Å²) in [5.74, 6) is 2.17. The van der Waals surface area contributed by atoms with Gasteiger partial charge in [0.25, 0.3) is 0 Å². The van der Waals surface area contributed by atoms with Gasteiger partial charge in [-0.15, -0.1) is 0 Å². The highest BCUT2D eigenvalue weighted by molar-refractivity contribution is 5.98. The number of aryl methyl sites for hydroxylation is 1. The fraction of sp³-hybridized carbons (Fsp3) is 0.381. The lowest BCUT2D eigenvalue weighted by molar-refractivity contribution is -0.0406. The van der Waals surface area contributed by atoms with E-state index in [0.717, 1.165) is 40.1 Å². The van der Waals surface area contributed by atoms with Crippen LogP contribution in [0.4, 0.5) is 0 Å². The number of methoxy groups -OCH3 is 1. The number of likely N-dealkylation sites (tertiary alicyclic amines) is 1. The minimum Gasteiger partial charge on any atom is -0.496 e. The van der Waals surface area contributed by atoms with Crippen LogP contribution < -0.4 is 4.74 Å². The number of oxazole rings is 1. The van der Waals surface area contributed by atoms with Gasteiger partial charge < -0.3 is 19.4 Å². The third kappa shape index (κ3) is 3.43. The third-order valence-corrected chi connectivity index (χ3v) is 5.23. The molecule has 142 valence electrons. The largest absolute Gasteiger partial charge is 0.496 e. The van der Waals surface area contributed by atoms with Crippen LogP contribution in [-0.2, 0) is 6.54 Å². The van der Waals surface area contributed by atoms with Crippen molar-refractivity contribution in [2.75, 3.05) is 20.2 Å². The van der Waals surface area contributed by atoms with Crippen LogP contribution in [0.25, 0.3) is 22.2 Å². The summed E-state index contributed by atoms with van der Waals surface area (Å²) >= 11 is 0. The van der Waals surface area contributed by atoms with E-state index >= 15 is 0 Å². The number of β-amino-alcohol motifs (C(OH)–C–C–N with tert-alkyl or cyclic N) is 1. The zero-order valence-electron chi connectivity index (χ0n) is 15.6. The van der Waals surface area contributed by atoms with Gasteiger partial charge >= 0.3 is 0 Å². The minimum absolute atomic E-state index is 0.439. The van der Waals surface area contributed by atoms with E-state index in [0.29, 0.717) is 25.4 Å². The van der Waals surface area contributed by atoms with Gasteiger partial charge in [0.05, 0.1) is 25.0 Å². The third-order valence-electron chi connectivity index (χ3n) is 5.23. The van der Waals surface area contributed by atoms with E-state index in [2.05, 4.69) is 4.90 Å². The molecule has 0 aliphatic carbocycles. The molecule has 0 bridgehead atoms. The first-order valence-electron chi connectivity index (χ1n) is 9.17. The van der Waals surface area contributed by atoms with Crippen LogP contribution in [0.3, 0.4) is 0 Å². The van der Waals surface area contributed by atoms with E-state index in [1.165, 1.54) is 0 Å². The molecule has 0 amide bonds. The van der Waals surface area contributed by atoms with Crippen molar-refractivity contribution in [3.05, 3.63) is 47.9 Å². The monoisotopic (exact) mass is 368 g/mol. The molecule has 1 aliphatic heterocycles. The van der Waals surface area contributed by atoms with Crippen molar-refractivity contribution in [2.24, 2.45) is 0 Å². The van der Waals surface area contributed by atoms with Gasteiger partial charge in [0.2, 0.25) is 5.89 Å². The van der Waals surface area contributed by atoms with E-state index in [9.17, 15) is 10.2 Å². The average Bonchev–Trinajstić information content (AvgIpc) is 3.04. The van der Waals surface area contributed by atoms with Gasteiger partial charge in [-0.3, -0.25) is 4.90 Å². The predicted octanol–water partition coefficient (Wildman–Crippen LogP) is 2.74. The second-order valence-corrected chi connectivity index (χ2v) is 7.04. The normalized spacial score (nSPS) is 20.9. The number of aliphatic hydroxyl groups excluding tert-OH is 2. The second-order valence-electron chi connectivity index (χ2n) is 7.04. The summed E-state index contributed by atoms with van der Waals surface area (Å²) in [7, 11) is 1.67. The Labute approximate surface area is 158 Å². The van der Waals surface area contributed by atoms with E-state index in [1.807, 2.05) is 43.3 Å². The molecule has 2 aromatic carbocycles. The molecular formula is C21H24N2O4. The Morgan fingerprint density at radius 3 is 2.67 bits per heavy atom. The van der Waals surface area contributed by atoms with Crippen LogP contribution in [0, 0.1) is 6.92 Å². The Morgan fingerprint density at radius 2 is 1.93 bits per heavy atom. The molecule has 2 N–H and O–H groups in total. The maximum Gasteiger partial charge on any atom is 0.227 e. The van der Waals surface area contributed by atoms with Crippen LogP contribution in [0.1, 0.15) is 17.9 Å². The quantitative estimate of drug-likeness (QED) is 0.737. The molecule has 0 radical (unpaired) electrons. The molecule has 6 heteroatoms. The number of aliphatic hydroxyl groups is 2. The van der Waals surface area contributed by atoms with Crippen molar-refractivity contribution in [3.63, 3.8) is 0 Å². The molecular weight excluding hydrogens is 344 g/mol. The number of hydrogen-bond acceptors (Lipinski definition) is 6. The minimum atomic E-state index is -0.712. The molecule has 2 heterocycles. The van der Waals surface area contributed by atoms with Crippen molar-refractivity contribution in [3.8, 4) is 17.2 Å². The van der Waals surface area contributed by atoms with Crippen molar-refractivity contribution in [2.45, 2.75) is 32.1 Å². The lowest BCUT2D eigenvalue weighted by Gasteiger charge is -2.32. The van der Waals surface area contributed by atoms with E-state index in [4.69, 9.17) is 14.1 Å². The number of piperidine rings is 1. The highest BCUT2D eigenvalue weighted by atomic mass is 16.5. The van der Waals surface area contributed by atoms with Crippen molar-refractivity contribution in [1.29, 1.82) is 0 Å². The average molecular weight is 368 g/mol. The van der Waals surface area contributed by atoms with Gasteiger partial charge in [0, 0.05) is 30.6 Å². The van der Waals surface area contributed by atoms with Crippen molar-refractivity contribution < 1.29 is 19.4 Å². The molecule has 0 unspecified atom stereocenters. The molecule has 6 nitrogen and oxygen atoms in total. The van der Waals surface area contributed by atoms with Crippen molar-refractivity contribution in [1.82, 2.24) is 9.88 Å². The van der Waals surface area contributed by atoms with E-state index in [1.54, 1.807) is 7.11 Å². The summed E-state index contributed by atoms with van der Waals surface area (Å²) in [5, 5.41) is 21.6. The number of fused-ring (bicyclic) bond motifs is 1. The Bertz CT molecular complexity index is 953. The topological polar surface area (TPSA) is 79.0 Å². The van der Waals surface area contributed by atoms with Gasteiger partial charge in [-0.2, -0.15) is 0 Å². The Balaban J connectivity index is 1.65. The standard InChI is InChI=1S/C21H24N2O4/c1-13-17(11-23-10-9-18(24)19(25)12-23)22-21(27-13)16-7-8-20(26-2)15-6-4-3-5-14(15)16/h3-8,18-19,24-25H,9-12H2,1-2H3/t18-,19-/m1/s1. The summed E-state index contributed by atoms with van der Waals surface area (Å²) in [4.78, 5) is 6.83. The molecule has 0 saturated carbocycles. The number of aromatic nitrogens is 1. The number of benzene rings is 2. The number of rotatable bonds is 4. The zero-order chi connectivity index (χ0) is 19.0. The second kappa shape index (κ2) is 7.31. The fourth-order valence-corrected chi connectivity index (χ4v) is 3.67. The summed E-state index contributed by atoms with van der Waals surface area (Å²) in [6.07, 6.45) is -0.787. The van der Waals surface area contributed by atoms with E-state index in [-0.39, 0.29) is 0 Å². The van der Waals surface area contributed by atoms with Crippen LogP contribution in [0.5, 0.6) is 5.75 Å². The molecule has 4 rings (SSSR count). The summed E-state index contributed by atoms with van der Waals surface area (Å²) in [5.41, 5.74) is 1.78. The maximum atomic E-state index is 9.90. The van der Waals surface area contributed by atoms with Gasteiger partial charge in [-0.05, 0) is 30.9 Å².